The Hall–Kier alpha value is -1.65. The van der Waals surface area contributed by atoms with Crippen LogP contribution in [0.4, 0.5) is 0 Å². The molecule has 4 nitrogen and oxygen atoms in total. The highest BCUT2D eigenvalue weighted by Crippen LogP contribution is 2.04. The normalized spacial score (nSPS) is 15.1. The largest absolute Gasteiger partial charge is 0.481 e. The Balaban J connectivity index is 3.80. The van der Waals surface area contributed by atoms with Crippen molar-refractivity contribution < 1.29 is 20.1 Å². The molecule has 0 unspecified atom stereocenters. The van der Waals surface area contributed by atoms with E-state index in [1.165, 1.54) is 0 Å². The van der Waals surface area contributed by atoms with Gasteiger partial charge in [0.05, 0.1) is 12.2 Å². The van der Waals surface area contributed by atoms with Gasteiger partial charge in [-0.2, -0.15) is 0 Å². The topological polar surface area (TPSA) is 77.8 Å². The molecule has 24 heavy (non-hydrogen) atoms. The molecule has 0 aromatic carbocycles. The molecule has 0 bridgehead atoms. The molecule has 2 atom stereocenters. The van der Waals surface area contributed by atoms with E-state index in [4.69, 9.17) is 5.11 Å². The summed E-state index contributed by atoms with van der Waals surface area (Å²) in [4.78, 5) is 10.3. The van der Waals surface area contributed by atoms with Crippen molar-refractivity contribution in [3.05, 3.63) is 48.6 Å². The van der Waals surface area contributed by atoms with Gasteiger partial charge in [0.1, 0.15) is 0 Å². The Morgan fingerprint density at radius 3 is 2.21 bits per heavy atom. The lowest BCUT2D eigenvalue weighted by Gasteiger charge is -2.02. The molecule has 0 rings (SSSR count). The highest BCUT2D eigenvalue weighted by atomic mass is 16.4. The second-order valence-electron chi connectivity index (χ2n) is 5.78. The SMILES string of the molecule is CCCCC[C@@H](O)/C=C/C=C\C=C\[C@@H](O)C/C=C\CCCC(=O)O. The minimum atomic E-state index is -0.777. The van der Waals surface area contributed by atoms with E-state index in [0.717, 1.165) is 25.7 Å². The minimum absolute atomic E-state index is 0.179. The standard InChI is InChI=1S/C20H32O4/c1-2-3-8-13-18(21)14-9-4-5-10-15-19(22)16-11-6-7-12-17-20(23)24/h4-6,9-11,14-15,18-19,21-22H,2-3,7-8,12-13,16-17H2,1H3,(H,23,24)/b5-4-,11-6-,14-9+,15-10+/t18-,19-/m1/s1. The molecule has 0 aliphatic carbocycles. The number of carboxylic acids is 1. The third-order valence-corrected chi connectivity index (χ3v) is 3.41. The first-order chi connectivity index (χ1) is 11.6. The zero-order chi connectivity index (χ0) is 18.0. The smallest absolute Gasteiger partial charge is 0.303 e. The molecule has 0 saturated heterocycles. The molecule has 4 heteroatoms. The van der Waals surface area contributed by atoms with E-state index in [2.05, 4.69) is 6.92 Å². The molecule has 0 fully saturated rings. The Labute approximate surface area is 145 Å². The van der Waals surface area contributed by atoms with Crippen LogP contribution in [0.1, 0.15) is 58.3 Å². The Kier molecular flexibility index (Phi) is 15.1. The van der Waals surface area contributed by atoms with Crippen molar-refractivity contribution in [1.82, 2.24) is 0 Å². The summed E-state index contributed by atoms with van der Waals surface area (Å²) in [6.45, 7) is 2.14. The van der Waals surface area contributed by atoms with Gasteiger partial charge in [0.25, 0.3) is 0 Å². The maximum Gasteiger partial charge on any atom is 0.303 e. The van der Waals surface area contributed by atoms with Crippen LogP contribution in [0.15, 0.2) is 48.6 Å². The lowest BCUT2D eigenvalue weighted by Crippen LogP contribution is -2.00. The van der Waals surface area contributed by atoms with E-state index in [1.54, 1.807) is 18.2 Å². The number of aliphatic hydroxyl groups is 2. The van der Waals surface area contributed by atoms with E-state index < -0.39 is 12.1 Å². The van der Waals surface area contributed by atoms with Crippen LogP contribution in [0, 0.1) is 0 Å². The molecular formula is C20H32O4. The van der Waals surface area contributed by atoms with Crippen LogP contribution in [0.2, 0.25) is 0 Å². The number of hydrogen-bond donors (Lipinski definition) is 3. The molecule has 0 radical (unpaired) electrons. The Morgan fingerprint density at radius 2 is 1.58 bits per heavy atom. The fraction of sp³-hybridized carbons (Fsp3) is 0.550. The molecule has 3 N–H and O–H groups in total. The summed E-state index contributed by atoms with van der Waals surface area (Å²) >= 11 is 0. The third-order valence-electron chi connectivity index (χ3n) is 3.41. The summed E-state index contributed by atoms with van der Waals surface area (Å²) in [5, 5.41) is 27.9. The first-order valence-electron chi connectivity index (χ1n) is 8.80. The van der Waals surface area contributed by atoms with Gasteiger partial charge < -0.3 is 15.3 Å². The fourth-order valence-electron chi connectivity index (χ4n) is 2.02. The first kappa shape index (κ1) is 22.4. The van der Waals surface area contributed by atoms with Gasteiger partial charge in [-0.1, -0.05) is 74.8 Å². The van der Waals surface area contributed by atoms with Gasteiger partial charge >= 0.3 is 5.97 Å². The van der Waals surface area contributed by atoms with E-state index >= 15 is 0 Å². The van der Waals surface area contributed by atoms with Crippen molar-refractivity contribution in [2.75, 3.05) is 0 Å². The van der Waals surface area contributed by atoms with Crippen LogP contribution in [0.3, 0.4) is 0 Å². The number of aliphatic carboxylic acids is 1. The summed E-state index contributed by atoms with van der Waals surface area (Å²) in [5.74, 6) is -0.777. The molecule has 136 valence electrons. The van der Waals surface area contributed by atoms with Crippen LogP contribution in [0.5, 0.6) is 0 Å². The van der Waals surface area contributed by atoms with Crippen molar-refractivity contribution in [2.45, 2.75) is 70.5 Å². The van der Waals surface area contributed by atoms with Crippen molar-refractivity contribution in [3.8, 4) is 0 Å². The van der Waals surface area contributed by atoms with E-state index in [9.17, 15) is 15.0 Å². The van der Waals surface area contributed by atoms with Gasteiger partial charge in [0, 0.05) is 6.42 Å². The molecule has 0 amide bonds. The van der Waals surface area contributed by atoms with Crippen LogP contribution in [0.25, 0.3) is 0 Å². The third kappa shape index (κ3) is 16.7. The second-order valence-corrected chi connectivity index (χ2v) is 5.78. The van der Waals surface area contributed by atoms with Crippen molar-refractivity contribution in [2.24, 2.45) is 0 Å². The summed E-state index contributed by atoms with van der Waals surface area (Å²) in [6, 6.07) is 0. The quantitative estimate of drug-likeness (QED) is 0.253. The summed E-state index contributed by atoms with van der Waals surface area (Å²) in [5.41, 5.74) is 0. The van der Waals surface area contributed by atoms with Crippen molar-refractivity contribution >= 4 is 5.97 Å². The zero-order valence-electron chi connectivity index (χ0n) is 14.7. The van der Waals surface area contributed by atoms with Gasteiger partial charge in [0.2, 0.25) is 0 Å². The van der Waals surface area contributed by atoms with Crippen molar-refractivity contribution in [1.29, 1.82) is 0 Å². The minimum Gasteiger partial charge on any atom is -0.481 e. The van der Waals surface area contributed by atoms with Crippen LogP contribution in [-0.4, -0.2) is 33.5 Å². The van der Waals surface area contributed by atoms with Gasteiger partial charge in [0.15, 0.2) is 0 Å². The lowest BCUT2D eigenvalue weighted by atomic mass is 10.1. The monoisotopic (exact) mass is 336 g/mol. The van der Waals surface area contributed by atoms with E-state index in [-0.39, 0.29) is 12.5 Å². The molecule has 0 heterocycles. The van der Waals surface area contributed by atoms with Gasteiger partial charge in [-0.15, -0.1) is 0 Å². The Morgan fingerprint density at radius 1 is 0.917 bits per heavy atom. The molecular weight excluding hydrogens is 304 g/mol. The number of aliphatic hydroxyl groups excluding tert-OH is 2. The number of allylic oxidation sites excluding steroid dienone is 5. The zero-order valence-corrected chi connectivity index (χ0v) is 14.7. The highest BCUT2D eigenvalue weighted by molar-refractivity contribution is 5.66. The summed E-state index contributed by atoms with van der Waals surface area (Å²) in [7, 11) is 0. The lowest BCUT2D eigenvalue weighted by molar-refractivity contribution is -0.137. The van der Waals surface area contributed by atoms with Gasteiger partial charge in [-0.3, -0.25) is 4.79 Å². The summed E-state index contributed by atoms with van der Waals surface area (Å²) < 4.78 is 0. The second kappa shape index (κ2) is 16.2. The predicted octanol–water partition coefficient (Wildman–Crippen LogP) is 4.16. The Bertz CT molecular complexity index is 421. The summed E-state index contributed by atoms with van der Waals surface area (Å²) in [6.07, 6.45) is 19.7. The fourth-order valence-corrected chi connectivity index (χ4v) is 2.02. The van der Waals surface area contributed by atoms with Gasteiger partial charge in [-0.25, -0.2) is 0 Å². The number of carboxylic acid groups (broad SMARTS) is 1. The number of rotatable bonds is 14. The van der Waals surface area contributed by atoms with Crippen LogP contribution < -0.4 is 0 Å². The van der Waals surface area contributed by atoms with Crippen molar-refractivity contribution in [3.63, 3.8) is 0 Å². The van der Waals surface area contributed by atoms with Crippen LogP contribution in [-0.2, 0) is 4.79 Å². The predicted molar refractivity (Wildman–Crippen MR) is 98.8 cm³/mol. The molecule has 0 spiro atoms. The molecule has 0 aromatic heterocycles. The average Bonchev–Trinajstić information content (AvgIpc) is 2.54. The maximum absolute atomic E-state index is 10.3. The molecule has 0 saturated carbocycles. The van der Waals surface area contributed by atoms with E-state index in [0.29, 0.717) is 19.3 Å². The molecule has 0 aromatic rings. The number of carbonyl (C=O) groups is 1. The van der Waals surface area contributed by atoms with Gasteiger partial charge in [-0.05, 0) is 25.7 Å². The van der Waals surface area contributed by atoms with E-state index in [1.807, 2.05) is 30.4 Å². The number of unbranched alkanes of at least 4 members (excludes halogenated alkanes) is 3. The highest BCUT2D eigenvalue weighted by Gasteiger charge is 1.97. The molecule has 0 aliphatic rings. The average molecular weight is 336 g/mol. The van der Waals surface area contributed by atoms with Crippen LogP contribution >= 0.6 is 0 Å². The maximum atomic E-state index is 10.3. The number of hydrogen-bond acceptors (Lipinski definition) is 3. The first-order valence-corrected chi connectivity index (χ1v) is 8.80. The molecule has 0 aliphatic heterocycles.